The van der Waals surface area contributed by atoms with E-state index in [2.05, 4.69) is 5.32 Å². The van der Waals surface area contributed by atoms with Crippen LogP contribution in [0.1, 0.15) is 38.5 Å². The van der Waals surface area contributed by atoms with Gasteiger partial charge in [0.25, 0.3) is 0 Å². The van der Waals surface area contributed by atoms with Gasteiger partial charge in [-0.15, -0.1) is 0 Å². The Labute approximate surface area is 77.3 Å². The number of carbonyl (C=O) groups excluding carboxylic acids is 1. The van der Waals surface area contributed by atoms with Crippen molar-refractivity contribution in [3.63, 3.8) is 0 Å². The fourth-order valence-electron chi connectivity index (χ4n) is 2.02. The molecule has 0 radical (unpaired) electrons. The molecule has 0 aromatic rings. The molecule has 1 saturated carbocycles. The number of nitrogens with one attached hydrogen (secondary N) is 1. The standard InChI is InChI=1S/C9H15NO3/c11-7-10-9(6-8(12)13)4-2-1-3-5-9/h7H,1-6H2,(H,10,11)(H,12,13). The Morgan fingerprint density at radius 1 is 1.38 bits per heavy atom. The molecule has 1 rings (SSSR count). The first-order valence-electron chi connectivity index (χ1n) is 4.62. The summed E-state index contributed by atoms with van der Waals surface area (Å²) < 4.78 is 0. The minimum absolute atomic E-state index is 0.0474. The second-order valence-electron chi connectivity index (χ2n) is 3.67. The number of hydrogen-bond acceptors (Lipinski definition) is 2. The van der Waals surface area contributed by atoms with Crippen molar-refractivity contribution in [1.29, 1.82) is 0 Å². The first-order chi connectivity index (χ1) is 6.18. The third-order valence-electron chi connectivity index (χ3n) is 2.67. The monoisotopic (exact) mass is 185 g/mol. The predicted octanol–water partition coefficient (Wildman–Crippen LogP) is 0.910. The molecule has 74 valence electrons. The number of aliphatic carboxylic acids is 1. The molecule has 1 aliphatic rings. The van der Waals surface area contributed by atoms with Crippen LogP contribution in [0.2, 0.25) is 0 Å². The molecule has 0 aromatic carbocycles. The van der Waals surface area contributed by atoms with E-state index in [1.165, 1.54) is 0 Å². The molecule has 0 atom stereocenters. The van der Waals surface area contributed by atoms with Gasteiger partial charge in [0.2, 0.25) is 6.41 Å². The van der Waals surface area contributed by atoms with Crippen molar-refractivity contribution in [2.24, 2.45) is 0 Å². The van der Waals surface area contributed by atoms with Gasteiger partial charge in [-0.2, -0.15) is 0 Å². The molecule has 0 unspecified atom stereocenters. The third kappa shape index (κ3) is 2.72. The molecule has 0 saturated heterocycles. The average Bonchev–Trinajstić information content (AvgIpc) is 2.04. The number of carboxylic acid groups (broad SMARTS) is 1. The van der Waals surface area contributed by atoms with E-state index >= 15 is 0 Å². The third-order valence-corrected chi connectivity index (χ3v) is 2.67. The first kappa shape index (κ1) is 10.0. The van der Waals surface area contributed by atoms with Gasteiger partial charge in [-0.25, -0.2) is 0 Å². The lowest BCUT2D eigenvalue weighted by Crippen LogP contribution is -2.47. The molecule has 2 N–H and O–H groups in total. The molecule has 0 aromatic heterocycles. The summed E-state index contributed by atoms with van der Waals surface area (Å²) in [7, 11) is 0. The minimum atomic E-state index is -0.837. The Balaban J connectivity index is 2.60. The van der Waals surface area contributed by atoms with E-state index in [-0.39, 0.29) is 6.42 Å². The molecule has 4 heteroatoms. The van der Waals surface area contributed by atoms with Crippen LogP contribution in [-0.2, 0) is 9.59 Å². The highest BCUT2D eigenvalue weighted by Gasteiger charge is 2.33. The molecule has 13 heavy (non-hydrogen) atoms. The summed E-state index contributed by atoms with van der Waals surface area (Å²) in [4.78, 5) is 20.9. The molecule has 1 fully saturated rings. The molecular weight excluding hydrogens is 170 g/mol. The summed E-state index contributed by atoms with van der Waals surface area (Å²) in [6, 6.07) is 0. The van der Waals surface area contributed by atoms with Crippen molar-refractivity contribution in [3.05, 3.63) is 0 Å². The van der Waals surface area contributed by atoms with Crippen LogP contribution in [0.4, 0.5) is 0 Å². The maximum atomic E-state index is 10.6. The van der Waals surface area contributed by atoms with Crippen LogP contribution in [0.25, 0.3) is 0 Å². The molecular formula is C9H15NO3. The lowest BCUT2D eigenvalue weighted by atomic mass is 9.79. The normalized spacial score (nSPS) is 20.6. The van der Waals surface area contributed by atoms with E-state index < -0.39 is 11.5 Å². The highest BCUT2D eigenvalue weighted by Crippen LogP contribution is 2.30. The second kappa shape index (κ2) is 4.25. The molecule has 0 bridgehead atoms. The summed E-state index contributed by atoms with van der Waals surface area (Å²) in [5.41, 5.74) is -0.466. The summed E-state index contributed by atoms with van der Waals surface area (Å²) in [5, 5.41) is 11.4. The zero-order valence-electron chi connectivity index (χ0n) is 7.58. The van der Waals surface area contributed by atoms with E-state index in [1.807, 2.05) is 0 Å². The van der Waals surface area contributed by atoms with Crippen LogP contribution < -0.4 is 5.32 Å². The van der Waals surface area contributed by atoms with E-state index in [1.54, 1.807) is 0 Å². The molecule has 1 aliphatic carbocycles. The van der Waals surface area contributed by atoms with Gasteiger partial charge >= 0.3 is 5.97 Å². The van der Waals surface area contributed by atoms with Crippen molar-refractivity contribution in [2.45, 2.75) is 44.1 Å². The summed E-state index contributed by atoms with van der Waals surface area (Å²) in [5.74, 6) is -0.837. The number of rotatable bonds is 4. The van der Waals surface area contributed by atoms with Crippen molar-refractivity contribution < 1.29 is 14.7 Å². The maximum Gasteiger partial charge on any atom is 0.305 e. The van der Waals surface area contributed by atoms with Gasteiger partial charge in [-0.3, -0.25) is 9.59 Å². The van der Waals surface area contributed by atoms with Crippen molar-refractivity contribution in [2.75, 3.05) is 0 Å². The molecule has 0 heterocycles. The van der Waals surface area contributed by atoms with Crippen LogP contribution >= 0.6 is 0 Å². The second-order valence-corrected chi connectivity index (χ2v) is 3.67. The number of amides is 1. The average molecular weight is 185 g/mol. The highest BCUT2D eigenvalue weighted by molar-refractivity contribution is 5.69. The lowest BCUT2D eigenvalue weighted by molar-refractivity contribution is -0.139. The zero-order valence-corrected chi connectivity index (χ0v) is 7.58. The SMILES string of the molecule is O=CNC1(CC(=O)O)CCCCC1. The Kier molecular flexibility index (Phi) is 3.28. The molecule has 4 nitrogen and oxygen atoms in total. The molecule has 1 amide bonds. The van der Waals surface area contributed by atoms with Crippen LogP contribution in [-0.4, -0.2) is 23.0 Å². The number of hydrogen-bond donors (Lipinski definition) is 2. The van der Waals surface area contributed by atoms with Gasteiger partial charge in [0.15, 0.2) is 0 Å². The van der Waals surface area contributed by atoms with Crippen molar-refractivity contribution in [3.8, 4) is 0 Å². The molecule has 0 spiro atoms. The summed E-state index contributed by atoms with van der Waals surface area (Å²) in [6.07, 6.45) is 5.40. The summed E-state index contributed by atoms with van der Waals surface area (Å²) >= 11 is 0. The fourth-order valence-corrected chi connectivity index (χ4v) is 2.02. The Bertz CT molecular complexity index is 197. The quantitative estimate of drug-likeness (QED) is 0.640. The lowest BCUT2D eigenvalue weighted by Gasteiger charge is -2.35. The molecule has 0 aliphatic heterocycles. The fraction of sp³-hybridized carbons (Fsp3) is 0.778. The van der Waals surface area contributed by atoms with E-state index in [4.69, 9.17) is 5.11 Å². The highest BCUT2D eigenvalue weighted by atomic mass is 16.4. The van der Waals surface area contributed by atoms with Crippen LogP contribution in [0.15, 0.2) is 0 Å². The number of carboxylic acids is 1. The van der Waals surface area contributed by atoms with E-state index in [9.17, 15) is 9.59 Å². The Hall–Kier alpha value is -1.06. The predicted molar refractivity (Wildman–Crippen MR) is 47.3 cm³/mol. The van der Waals surface area contributed by atoms with Crippen LogP contribution in [0, 0.1) is 0 Å². The van der Waals surface area contributed by atoms with E-state index in [0.717, 1.165) is 32.1 Å². The van der Waals surface area contributed by atoms with Gasteiger partial charge in [0.05, 0.1) is 12.0 Å². The van der Waals surface area contributed by atoms with Crippen LogP contribution in [0.3, 0.4) is 0 Å². The van der Waals surface area contributed by atoms with Gasteiger partial charge in [0.1, 0.15) is 0 Å². The smallest absolute Gasteiger partial charge is 0.305 e. The Morgan fingerprint density at radius 2 is 2.00 bits per heavy atom. The minimum Gasteiger partial charge on any atom is -0.481 e. The summed E-state index contributed by atoms with van der Waals surface area (Å²) in [6.45, 7) is 0. The van der Waals surface area contributed by atoms with Gasteiger partial charge in [-0.05, 0) is 12.8 Å². The van der Waals surface area contributed by atoms with Gasteiger partial charge in [0, 0.05) is 0 Å². The zero-order chi connectivity index (χ0) is 9.73. The van der Waals surface area contributed by atoms with Crippen molar-refractivity contribution in [1.82, 2.24) is 5.32 Å². The maximum absolute atomic E-state index is 10.6. The van der Waals surface area contributed by atoms with Gasteiger partial charge in [-0.1, -0.05) is 19.3 Å². The largest absolute Gasteiger partial charge is 0.481 e. The van der Waals surface area contributed by atoms with Gasteiger partial charge < -0.3 is 10.4 Å². The first-order valence-corrected chi connectivity index (χ1v) is 4.62. The number of carbonyl (C=O) groups is 2. The van der Waals surface area contributed by atoms with Crippen molar-refractivity contribution >= 4 is 12.4 Å². The van der Waals surface area contributed by atoms with E-state index in [0.29, 0.717) is 6.41 Å². The topological polar surface area (TPSA) is 66.4 Å². The Morgan fingerprint density at radius 3 is 2.46 bits per heavy atom. The van der Waals surface area contributed by atoms with Crippen LogP contribution in [0.5, 0.6) is 0 Å².